The smallest absolute Gasteiger partial charge is 0.407 e. The van der Waals surface area contributed by atoms with Crippen LogP contribution in [-0.2, 0) is 13.1 Å². The number of amides is 2. The van der Waals surface area contributed by atoms with Gasteiger partial charge in [-0.25, -0.2) is 4.79 Å². The second kappa shape index (κ2) is 12.9. The third kappa shape index (κ3) is 7.23. The largest absolute Gasteiger partial charge is 0.492 e. The fraction of sp³-hybridized carbons (Fsp3) is 0.267. The lowest BCUT2D eigenvalue weighted by Crippen LogP contribution is -2.28. The first-order valence-corrected chi connectivity index (χ1v) is 13.3. The van der Waals surface area contributed by atoms with E-state index in [4.69, 9.17) is 4.74 Å². The summed E-state index contributed by atoms with van der Waals surface area (Å²) in [5, 5.41) is 19.6. The Balaban J connectivity index is 1.13. The van der Waals surface area contributed by atoms with E-state index in [1.807, 2.05) is 30.3 Å². The number of carbonyl (C=O) groups excluding carboxylic acids is 1. The Labute approximate surface area is 232 Å². The number of ether oxygens (including phenoxy) is 1. The van der Waals surface area contributed by atoms with Crippen molar-refractivity contribution in [2.45, 2.75) is 25.9 Å². The van der Waals surface area contributed by atoms with Gasteiger partial charge in [0, 0.05) is 42.7 Å². The first kappa shape index (κ1) is 26.9. The molecular weight excluding hydrogens is 508 g/mol. The van der Waals surface area contributed by atoms with E-state index in [9.17, 15) is 14.7 Å². The van der Waals surface area contributed by atoms with Crippen molar-refractivity contribution in [3.8, 4) is 17.0 Å². The zero-order chi connectivity index (χ0) is 27.7. The van der Waals surface area contributed by atoms with Gasteiger partial charge in [0.1, 0.15) is 18.2 Å². The fourth-order valence-electron chi connectivity index (χ4n) is 4.63. The molecule has 2 aromatic carbocycles. The van der Waals surface area contributed by atoms with Gasteiger partial charge in [-0.1, -0.05) is 30.3 Å². The summed E-state index contributed by atoms with van der Waals surface area (Å²) in [5.74, 6) is 0.964. The number of aromatic amines is 1. The molecule has 10 heteroatoms. The van der Waals surface area contributed by atoms with Crippen LogP contribution in [0.1, 0.15) is 34.3 Å². The molecule has 5 rings (SSSR count). The van der Waals surface area contributed by atoms with E-state index in [1.165, 1.54) is 17.7 Å². The van der Waals surface area contributed by atoms with E-state index in [2.05, 4.69) is 25.4 Å². The van der Waals surface area contributed by atoms with E-state index in [0.717, 1.165) is 42.1 Å². The van der Waals surface area contributed by atoms with Crippen molar-refractivity contribution in [3.63, 3.8) is 0 Å². The molecular formula is C30H32N6O4. The Bertz CT molecular complexity index is 1400. The van der Waals surface area contributed by atoms with Gasteiger partial charge in [-0.3, -0.25) is 24.7 Å². The second-order valence-corrected chi connectivity index (χ2v) is 9.74. The highest BCUT2D eigenvalue weighted by Crippen LogP contribution is 2.22. The number of hydrogen-bond acceptors (Lipinski definition) is 6. The summed E-state index contributed by atoms with van der Waals surface area (Å²) in [6, 6.07) is 20.0. The van der Waals surface area contributed by atoms with Crippen LogP contribution in [0.15, 0.2) is 79.1 Å². The molecule has 3 N–H and O–H groups in total. The average Bonchev–Trinajstić information content (AvgIpc) is 3.67. The molecule has 0 saturated carbocycles. The summed E-state index contributed by atoms with van der Waals surface area (Å²) in [4.78, 5) is 32.3. The number of carbonyl (C=O) groups is 2. The summed E-state index contributed by atoms with van der Waals surface area (Å²) in [6.07, 6.45) is 4.84. The van der Waals surface area contributed by atoms with Crippen LogP contribution < -0.4 is 10.1 Å². The molecule has 206 valence electrons. The van der Waals surface area contributed by atoms with Gasteiger partial charge in [-0.2, -0.15) is 5.10 Å². The zero-order valence-electron chi connectivity index (χ0n) is 22.1. The summed E-state index contributed by atoms with van der Waals surface area (Å²) in [7, 11) is 0. The first-order chi connectivity index (χ1) is 19.5. The number of anilines is 1. The van der Waals surface area contributed by atoms with Gasteiger partial charge in [0.05, 0.1) is 12.2 Å². The molecule has 1 fully saturated rings. The number of nitrogens with one attached hydrogen (secondary N) is 2. The lowest BCUT2D eigenvalue weighted by molar-refractivity contribution is 0.102. The maximum absolute atomic E-state index is 12.7. The van der Waals surface area contributed by atoms with Gasteiger partial charge in [0.15, 0.2) is 0 Å². The topological polar surface area (TPSA) is 124 Å². The van der Waals surface area contributed by atoms with Crippen molar-refractivity contribution in [2.75, 3.05) is 31.6 Å². The van der Waals surface area contributed by atoms with Crippen LogP contribution in [0, 0.1) is 0 Å². The van der Waals surface area contributed by atoms with Gasteiger partial charge in [-0.15, -0.1) is 0 Å². The maximum atomic E-state index is 12.7. The Kier molecular flexibility index (Phi) is 8.67. The monoisotopic (exact) mass is 540 g/mol. The number of benzene rings is 2. The minimum absolute atomic E-state index is 0.245. The number of pyridine rings is 1. The van der Waals surface area contributed by atoms with E-state index in [1.54, 1.807) is 48.8 Å². The number of aromatic nitrogens is 3. The van der Waals surface area contributed by atoms with E-state index in [-0.39, 0.29) is 19.0 Å². The Hall–Kier alpha value is -4.70. The van der Waals surface area contributed by atoms with Gasteiger partial charge < -0.3 is 15.2 Å². The summed E-state index contributed by atoms with van der Waals surface area (Å²) in [6.45, 7) is 4.33. The molecule has 1 aliphatic heterocycles. The molecule has 0 aliphatic carbocycles. The third-order valence-corrected chi connectivity index (χ3v) is 6.81. The van der Waals surface area contributed by atoms with Gasteiger partial charge in [-0.05, 0) is 67.4 Å². The average molecular weight is 541 g/mol. The number of likely N-dealkylation sites (tertiary alicyclic amines) is 1. The molecule has 0 bridgehead atoms. The van der Waals surface area contributed by atoms with Crippen LogP contribution in [0.3, 0.4) is 0 Å². The SMILES string of the molecule is O=C(Nc1cc(-c2ccc(CN(Cc3cccnc3)C(=O)O)cc2)n[nH]1)c1ccc(OCCN2CCCC2)cc1. The van der Waals surface area contributed by atoms with Crippen LogP contribution in [-0.4, -0.2) is 68.3 Å². The Morgan fingerprint density at radius 1 is 1.00 bits per heavy atom. The zero-order valence-corrected chi connectivity index (χ0v) is 22.1. The highest BCUT2D eigenvalue weighted by molar-refractivity contribution is 6.04. The quantitative estimate of drug-likeness (QED) is 0.248. The van der Waals surface area contributed by atoms with Crippen molar-refractivity contribution in [3.05, 3.63) is 95.8 Å². The number of nitrogens with zero attached hydrogens (tertiary/aromatic N) is 4. The minimum atomic E-state index is -1.000. The number of H-pyrrole nitrogens is 1. The standard InChI is InChI=1S/C30H32N6O4/c37-29(25-9-11-26(12-10-25)40-17-16-35-14-1-2-15-35)32-28-18-27(33-34-28)24-7-5-22(6-8-24)20-36(30(38)39)21-23-4-3-13-31-19-23/h3-13,18-19H,1-2,14-17,20-21H2,(H,38,39)(H2,32,33,34,37). The molecule has 1 saturated heterocycles. The maximum Gasteiger partial charge on any atom is 0.407 e. The van der Waals surface area contributed by atoms with Gasteiger partial charge in [0.25, 0.3) is 5.91 Å². The van der Waals surface area contributed by atoms with Crippen molar-refractivity contribution in [2.24, 2.45) is 0 Å². The molecule has 0 spiro atoms. The fourth-order valence-corrected chi connectivity index (χ4v) is 4.63. The number of rotatable bonds is 11. The van der Waals surface area contributed by atoms with Crippen LogP contribution in [0.25, 0.3) is 11.3 Å². The first-order valence-electron chi connectivity index (χ1n) is 13.3. The van der Waals surface area contributed by atoms with Gasteiger partial charge >= 0.3 is 6.09 Å². The molecule has 10 nitrogen and oxygen atoms in total. The van der Waals surface area contributed by atoms with Crippen molar-refractivity contribution in [1.29, 1.82) is 0 Å². The van der Waals surface area contributed by atoms with Crippen LogP contribution in [0.2, 0.25) is 0 Å². The van der Waals surface area contributed by atoms with Crippen molar-refractivity contribution < 1.29 is 19.4 Å². The highest BCUT2D eigenvalue weighted by atomic mass is 16.5. The van der Waals surface area contributed by atoms with E-state index in [0.29, 0.717) is 23.7 Å². The van der Waals surface area contributed by atoms with Gasteiger partial charge in [0.2, 0.25) is 0 Å². The summed E-state index contributed by atoms with van der Waals surface area (Å²) in [5.41, 5.74) is 3.69. The minimum Gasteiger partial charge on any atom is -0.492 e. The van der Waals surface area contributed by atoms with Crippen LogP contribution in [0.4, 0.5) is 10.6 Å². The second-order valence-electron chi connectivity index (χ2n) is 9.74. The predicted octanol–water partition coefficient (Wildman–Crippen LogP) is 4.88. The number of hydrogen-bond donors (Lipinski definition) is 3. The molecule has 0 radical (unpaired) electrons. The molecule has 1 aliphatic rings. The molecule has 4 aromatic rings. The lowest BCUT2D eigenvalue weighted by Gasteiger charge is -2.19. The lowest BCUT2D eigenvalue weighted by atomic mass is 10.1. The normalized spacial score (nSPS) is 13.2. The molecule has 0 atom stereocenters. The molecule has 2 aromatic heterocycles. The van der Waals surface area contributed by atoms with Crippen LogP contribution in [0.5, 0.6) is 5.75 Å². The Morgan fingerprint density at radius 3 is 2.45 bits per heavy atom. The molecule has 40 heavy (non-hydrogen) atoms. The highest BCUT2D eigenvalue weighted by Gasteiger charge is 2.15. The van der Waals surface area contributed by atoms with Crippen molar-refractivity contribution >= 4 is 17.8 Å². The van der Waals surface area contributed by atoms with Crippen molar-refractivity contribution in [1.82, 2.24) is 25.0 Å². The molecule has 3 heterocycles. The Morgan fingerprint density at radius 2 is 1.75 bits per heavy atom. The third-order valence-electron chi connectivity index (χ3n) is 6.81. The van der Waals surface area contributed by atoms with Crippen LogP contribution >= 0.6 is 0 Å². The summed E-state index contributed by atoms with van der Waals surface area (Å²) < 4.78 is 5.82. The molecule has 2 amide bonds. The predicted molar refractivity (Wildman–Crippen MR) is 151 cm³/mol. The molecule has 0 unspecified atom stereocenters. The summed E-state index contributed by atoms with van der Waals surface area (Å²) >= 11 is 0. The van der Waals surface area contributed by atoms with E-state index < -0.39 is 6.09 Å². The number of carboxylic acid groups (broad SMARTS) is 1. The van der Waals surface area contributed by atoms with E-state index >= 15 is 0 Å².